The Balaban J connectivity index is 2.61. The van der Waals surface area contributed by atoms with E-state index in [1.54, 1.807) is 45.9 Å². The minimum absolute atomic E-state index is 0.123. The van der Waals surface area contributed by atoms with E-state index >= 15 is 0 Å². The fourth-order valence-electron chi connectivity index (χ4n) is 1.77. The van der Waals surface area contributed by atoms with Gasteiger partial charge < -0.3 is 20.3 Å². The van der Waals surface area contributed by atoms with Gasteiger partial charge in [0.05, 0.1) is 0 Å². The summed E-state index contributed by atoms with van der Waals surface area (Å²) in [5, 5.41) is 23.0. The first-order valence-electron chi connectivity index (χ1n) is 6.70. The molecule has 0 radical (unpaired) electrons. The largest absolute Gasteiger partial charge is 0.444 e. The third-order valence-electron chi connectivity index (χ3n) is 2.85. The van der Waals surface area contributed by atoms with Crippen LogP contribution in [0, 0.1) is 6.92 Å². The first-order chi connectivity index (χ1) is 9.61. The number of alkyl carbamates (subject to hydrolysis) is 1. The van der Waals surface area contributed by atoms with Crippen LogP contribution in [0.25, 0.3) is 0 Å². The van der Waals surface area contributed by atoms with Crippen molar-refractivity contribution in [3.8, 4) is 0 Å². The normalized spacial score (nSPS) is 14.4. The molecule has 2 unspecified atom stereocenters. The average Bonchev–Trinajstić information content (AvgIpc) is 2.36. The maximum atomic E-state index is 11.5. The minimum atomic E-state index is -1.16. The van der Waals surface area contributed by atoms with Crippen molar-refractivity contribution in [2.45, 2.75) is 45.5 Å². The van der Waals surface area contributed by atoms with Crippen molar-refractivity contribution in [1.29, 1.82) is 0 Å². The molecule has 3 N–H and O–H groups in total. The molecule has 0 aromatic heterocycles. The fraction of sp³-hybridized carbons (Fsp3) is 0.533. The molecule has 21 heavy (non-hydrogen) atoms. The summed E-state index contributed by atoms with van der Waals surface area (Å²) in [6, 6.07) is 5.09. The zero-order valence-corrected chi connectivity index (χ0v) is 13.4. The van der Waals surface area contributed by atoms with Crippen LogP contribution in [0.5, 0.6) is 0 Å². The molecule has 1 aromatic rings. The highest BCUT2D eigenvalue weighted by atomic mass is 35.5. The Morgan fingerprint density at radius 2 is 2.00 bits per heavy atom. The summed E-state index contributed by atoms with van der Waals surface area (Å²) in [4.78, 5) is 11.5. The van der Waals surface area contributed by atoms with E-state index in [0.29, 0.717) is 16.1 Å². The summed E-state index contributed by atoms with van der Waals surface area (Å²) in [5.74, 6) is 0. The average molecular weight is 316 g/mol. The lowest BCUT2D eigenvalue weighted by molar-refractivity contribution is 0.0126. The SMILES string of the molecule is Cc1c(Cl)cccc1C(O)C(O)CNC(=O)OC(C)(C)C. The van der Waals surface area contributed by atoms with Crippen LogP contribution in [0.1, 0.15) is 38.0 Å². The second kappa shape index (κ2) is 7.11. The quantitative estimate of drug-likeness (QED) is 0.798. The van der Waals surface area contributed by atoms with Crippen LogP contribution in [0.3, 0.4) is 0 Å². The predicted octanol–water partition coefficient (Wildman–Crippen LogP) is 2.57. The number of benzene rings is 1. The van der Waals surface area contributed by atoms with E-state index in [4.69, 9.17) is 16.3 Å². The number of hydrogen-bond donors (Lipinski definition) is 3. The molecule has 0 saturated heterocycles. The third-order valence-corrected chi connectivity index (χ3v) is 3.26. The van der Waals surface area contributed by atoms with Crippen LogP contribution in [0.4, 0.5) is 4.79 Å². The molecule has 0 aliphatic heterocycles. The molecule has 1 rings (SSSR count). The van der Waals surface area contributed by atoms with Crippen molar-refractivity contribution in [2.24, 2.45) is 0 Å². The lowest BCUT2D eigenvalue weighted by atomic mass is 9.99. The van der Waals surface area contributed by atoms with Crippen LogP contribution in [0.15, 0.2) is 18.2 Å². The monoisotopic (exact) mass is 315 g/mol. The standard InChI is InChI=1S/C15H22ClNO4/c1-9-10(6-5-7-11(9)16)13(19)12(18)8-17-14(20)21-15(2,3)4/h5-7,12-13,18-19H,8H2,1-4H3,(H,17,20). The molecule has 5 nitrogen and oxygen atoms in total. The van der Waals surface area contributed by atoms with Crippen LogP contribution in [-0.4, -0.2) is 34.6 Å². The Hall–Kier alpha value is -1.30. The van der Waals surface area contributed by atoms with E-state index in [1.165, 1.54) is 0 Å². The molecular formula is C15H22ClNO4. The number of halogens is 1. The smallest absolute Gasteiger partial charge is 0.407 e. The predicted molar refractivity (Wildman–Crippen MR) is 81.4 cm³/mol. The van der Waals surface area contributed by atoms with Gasteiger partial charge in [-0.05, 0) is 44.9 Å². The molecule has 0 aliphatic carbocycles. The van der Waals surface area contributed by atoms with Gasteiger partial charge in [0.2, 0.25) is 0 Å². The number of carbonyl (C=O) groups excluding carboxylic acids is 1. The van der Waals surface area contributed by atoms with E-state index < -0.39 is 23.9 Å². The zero-order chi connectivity index (χ0) is 16.2. The van der Waals surface area contributed by atoms with Crippen molar-refractivity contribution < 1.29 is 19.7 Å². The summed E-state index contributed by atoms with van der Waals surface area (Å²) in [5.41, 5.74) is 0.612. The van der Waals surface area contributed by atoms with E-state index in [1.807, 2.05) is 0 Å². The van der Waals surface area contributed by atoms with E-state index in [2.05, 4.69) is 5.32 Å². The molecule has 118 valence electrons. The Labute approximate surface area is 129 Å². The Morgan fingerprint density at radius 3 is 2.57 bits per heavy atom. The first kappa shape index (κ1) is 17.8. The lowest BCUT2D eigenvalue weighted by Crippen LogP contribution is -2.39. The van der Waals surface area contributed by atoms with Gasteiger partial charge in [-0.1, -0.05) is 23.7 Å². The second-order valence-corrected chi connectivity index (χ2v) is 6.26. The van der Waals surface area contributed by atoms with Gasteiger partial charge in [-0.3, -0.25) is 0 Å². The fourth-order valence-corrected chi connectivity index (χ4v) is 1.95. The van der Waals surface area contributed by atoms with Crippen molar-refractivity contribution >= 4 is 17.7 Å². The number of aliphatic hydroxyl groups excluding tert-OH is 2. The molecular weight excluding hydrogens is 294 g/mol. The highest BCUT2D eigenvalue weighted by Crippen LogP contribution is 2.26. The maximum Gasteiger partial charge on any atom is 0.407 e. The van der Waals surface area contributed by atoms with Crippen LogP contribution in [0.2, 0.25) is 5.02 Å². The number of amides is 1. The van der Waals surface area contributed by atoms with Gasteiger partial charge in [-0.25, -0.2) is 4.79 Å². The van der Waals surface area contributed by atoms with Gasteiger partial charge >= 0.3 is 6.09 Å². The zero-order valence-electron chi connectivity index (χ0n) is 12.7. The highest BCUT2D eigenvalue weighted by Gasteiger charge is 2.23. The second-order valence-electron chi connectivity index (χ2n) is 5.85. The minimum Gasteiger partial charge on any atom is -0.444 e. The number of rotatable bonds is 4. The van der Waals surface area contributed by atoms with Gasteiger partial charge in [0.25, 0.3) is 0 Å². The Morgan fingerprint density at radius 1 is 1.38 bits per heavy atom. The summed E-state index contributed by atoms with van der Waals surface area (Å²) in [6.45, 7) is 6.87. The van der Waals surface area contributed by atoms with Crippen LogP contribution in [-0.2, 0) is 4.74 Å². The number of carbonyl (C=O) groups is 1. The number of nitrogens with one attached hydrogen (secondary N) is 1. The molecule has 2 atom stereocenters. The van der Waals surface area contributed by atoms with E-state index in [-0.39, 0.29) is 6.54 Å². The van der Waals surface area contributed by atoms with Gasteiger partial charge in [0.1, 0.15) is 17.8 Å². The van der Waals surface area contributed by atoms with Gasteiger partial charge in [-0.15, -0.1) is 0 Å². The van der Waals surface area contributed by atoms with Crippen molar-refractivity contribution in [1.82, 2.24) is 5.32 Å². The molecule has 0 bridgehead atoms. The van der Waals surface area contributed by atoms with Crippen LogP contribution >= 0.6 is 11.6 Å². The van der Waals surface area contributed by atoms with Gasteiger partial charge in [-0.2, -0.15) is 0 Å². The summed E-state index contributed by atoms with van der Waals surface area (Å²) >= 11 is 5.98. The van der Waals surface area contributed by atoms with Gasteiger partial charge in [0.15, 0.2) is 0 Å². The number of hydrogen-bond acceptors (Lipinski definition) is 4. The van der Waals surface area contributed by atoms with Crippen molar-refractivity contribution in [3.63, 3.8) is 0 Å². The molecule has 6 heteroatoms. The van der Waals surface area contributed by atoms with Crippen LogP contribution < -0.4 is 5.32 Å². The van der Waals surface area contributed by atoms with Crippen molar-refractivity contribution in [3.05, 3.63) is 34.3 Å². The Kier molecular flexibility index (Phi) is 6.01. The van der Waals surface area contributed by atoms with Gasteiger partial charge in [0, 0.05) is 11.6 Å². The first-order valence-corrected chi connectivity index (χ1v) is 7.07. The van der Waals surface area contributed by atoms with Crippen molar-refractivity contribution in [2.75, 3.05) is 6.54 Å². The summed E-state index contributed by atoms with van der Waals surface area (Å²) in [7, 11) is 0. The molecule has 0 fully saturated rings. The topological polar surface area (TPSA) is 78.8 Å². The molecule has 0 spiro atoms. The molecule has 0 heterocycles. The highest BCUT2D eigenvalue weighted by molar-refractivity contribution is 6.31. The summed E-state index contributed by atoms with van der Waals surface area (Å²) in [6.07, 6.45) is -2.94. The third kappa shape index (κ3) is 5.53. The molecule has 0 aliphatic rings. The molecule has 0 saturated carbocycles. The number of ether oxygens (including phenoxy) is 1. The maximum absolute atomic E-state index is 11.5. The molecule has 1 amide bonds. The Bertz CT molecular complexity index is 499. The summed E-state index contributed by atoms with van der Waals surface area (Å²) < 4.78 is 5.05. The van der Waals surface area contributed by atoms with E-state index in [0.717, 1.165) is 0 Å². The molecule has 1 aromatic carbocycles. The van der Waals surface area contributed by atoms with E-state index in [9.17, 15) is 15.0 Å². The lowest BCUT2D eigenvalue weighted by Gasteiger charge is -2.23. The number of aliphatic hydroxyl groups is 2.